The molecular weight excluding hydrogens is 334 g/mol. The number of hydrogen-bond acceptors (Lipinski definition) is 4. The predicted molar refractivity (Wildman–Crippen MR) is 75.6 cm³/mol. The minimum absolute atomic E-state index is 0.0133. The first-order valence-electron chi connectivity index (χ1n) is 7.05. The van der Waals surface area contributed by atoms with Gasteiger partial charge in [-0.25, -0.2) is 14.2 Å². The molecule has 2 atom stereocenters. The lowest BCUT2D eigenvalue weighted by molar-refractivity contribution is -0.137. The van der Waals surface area contributed by atoms with Crippen LogP contribution in [0.15, 0.2) is 12.3 Å². The molecule has 11 heteroatoms. The maximum absolute atomic E-state index is 13.8. The number of amides is 1. The Bertz CT molecular complexity index is 762. The Labute approximate surface area is 132 Å². The van der Waals surface area contributed by atoms with Crippen molar-refractivity contribution in [3.05, 3.63) is 17.8 Å². The van der Waals surface area contributed by atoms with E-state index in [9.17, 15) is 22.4 Å². The number of halogens is 4. The number of fused-ring (bicyclic) bond motifs is 1. The van der Waals surface area contributed by atoms with Gasteiger partial charge in [0.15, 0.2) is 5.65 Å². The number of rotatable bonds is 2. The summed E-state index contributed by atoms with van der Waals surface area (Å²) >= 11 is 0. The second kappa shape index (κ2) is 5.80. The molecule has 1 amide bonds. The van der Waals surface area contributed by atoms with Crippen LogP contribution in [-0.2, 0) is 6.18 Å². The van der Waals surface area contributed by atoms with Gasteiger partial charge >= 0.3 is 12.3 Å². The molecule has 0 saturated carbocycles. The topological polar surface area (TPSA) is 94.1 Å². The second-order valence-electron chi connectivity index (χ2n) is 5.46. The number of nitrogens with zero attached hydrogens (tertiary/aromatic N) is 3. The average molecular weight is 347 g/mol. The summed E-state index contributed by atoms with van der Waals surface area (Å²) in [5, 5.41) is 10.8. The van der Waals surface area contributed by atoms with Gasteiger partial charge in [-0.2, -0.15) is 18.2 Å². The van der Waals surface area contributed by atoms with Crippen LogP contribution in [0.2, 0.25) is 0 Å². The van der Waals surface area contributed by atoms with E-state index in [4.69, 9.17) is 5.11 Å². The molecule has 0 unspecified atom stereocenters. The van der Waals surface area contributed by atoms with Crippen molar-refractivity contribution in [2.24, 2.45) is 0 Å². The number of imidazole rings is 1. The van der Waals surface area contributed by atoms with Crippen molar-refractivity contribution in [1.82, 2.24) is 20.3 Å². The number of piperidine rings is 1. The Morgan fingerprint density at radius 1 is 1.46 bits per heavy atom. The highest BCUT2D eigenvalue weighted by molar-refractivity contribution is 5.74. The molecule has 24 heavy (non-hydrogen) atoms. The van der Waals surface area contributed by atoms with Gasteiger partial charge in [0, 0.05) is 19.3 Å². The molecule has 3 heterocycles. The van der Waals surface area contributed by atoms with Crippen LogP contribution in [0.3, 0.4) is 0 Å². The molecule has 0 spiro atoms. The smallest absolute Gasteiger partial charge is 0.417 e. The number of hydrogen-bond donors (Lipinski definition) is 3. The Hall–Kier alpha value is -2.59. The Morgan fingerprint density at radius 2 is 2.21 bits per heavy atom. The molecule has 0 aliphatic carbocycles. The van der Waals surface area contributed by atoms with E-state index in [0.29, 0.717) is 6.20 Å². The van der Waals surface area contributed by atoms with Crippen LogP contribution in [0.1, 0.15) is 12.0 Å². The highest BCUT2D eigenvalue weighted by Crippen LogP contribution is 2.30. The van der Waals surface area contributed by atoms with Crippen molar-refractivity contribution in [2.75, 3.05) is 18.0 Å². The number of aromatic amines is 1. The van der Waals surface area contributed by atoms with Crippen molar-refractivity contribution in [2.45, 2.75) is 24.8 Å². The van der Waals surface area contributed by atoms with Crippen molar-refractivity contribution < 1.29 is 27.5 Å². The fraction of sp³-hybridized carbons (Fsp3) is 0.462. The first kappa shape index (κ1) is 16.3. The molecule has 3 N–H and O–H groups in total. The predicted octanol–water partition coefficient (Wildman–Crippen LogP) is 2.16. The Kier molecular flexibility index (Phi) is 3.93. The van der Waals surface area contributed by atoms with Crippen molar-refractivity contribution in [3.8, 4) is 0 Å². The van der Waals surface area contributed by atoms with Crippen molar-refractivity contribution >= 4 is 23.2 Å². The summed E-state index contributed by atoms with van der Waals surface area (Å²) in [6.45, 7) is 0.268. The maximum atomic E-state index is 13.8. The van der Waals surface area contributed by atoms with Gasteiger partial charge in [-0.3, -0.25) is 0 Å². The quantitative estimate of drug-likeness (QED) is 0.724. The van der Waals surface area contributed by atoms with E-state index in [1.54, 1.807) is 4.90 Å². The molecule has 2 aromatic heterocycles. The zero-order valence-corrected chi connectivity index (χ0v) is 12.1. The van der Waals surface area contributed by atoms with Crippen molar-refractivity contribution in [1.29, 1.82) is 0 Å². The molecule has 130 valence electrons. The van der Waals surface area contributed by atoms with Crippen LogP contribution in [0.25, 0.3) is 11.2 Å². The van der Waals surface area contributed by atoms with Crippen LogP contribution in [-0.4, -0.2) is 51.5 Å². The van der Waals surface area contributed by atoms with Crippen LogP contribution in [0.5, 0.6) is 0 Å². The minimum Gasteiger partial charge on any atom is -0.465 e. The third kappa shape index (κ3) is 3.19. The van der Waals surface area contributed by atoms with E-state index >= 15 is 0 Å². The number of nitrogens with one attached hydrogen (secondary N) is 2. The van der Waals surface area contributed by atoms with Crippen LogP contribution in [0, 0.1) is 0 Å². The fourth-order valence-electron chi connectivity index (χ4n) is 2.60. The molecule has 0 bridgehead atoms. The summed E-state index contributed by atoms with van der Waals surface area (Å²) in [6, 6.07) is -0.0450. The van der Waals surface area contributed by atoms with Gasteiger partial charge < -0.3 is 20.3 Å². The first-order valence-corrected chi connectivity index (χ1v) is 7.05. The standard InChI is InChI=1S/C13H13F4N5O2/c14-7-1-2-22(5-9(7)20-12(23)24)11-19-8-3-6(13(15,16)17)4-18-10(8)21-11/h3-4,7,9,20H,1-2,5H2,(H,23,24)(H,18,19,21)/t7-,9-/m1/s1. The van der Waals surface area contributed by atoms with Crippen LogP contribution in [0.4, 0.5) is 28.3 Å². The van der Waals surface area contributed by atoms with Gasteiger partial charge in [-0.05, 0) is 12.5 Å². The fourth-order valence-corrected chi connectivity index (χ4v) is 2.60. The largest absolute Gasteiger partial charge is 0.465 e. The normalized spacial score (nSPS) is 21.9. The number of aromatic nitrogens is 3. The maximum Gasteiger partial charge on any atom is 0.417 e. The summed E-state index contributed by atoms with van der Waals surface area (Å²) in [7, 11) is 0. The van der Waals surface area contributed by atoms with E-state index < -0.39 is 30.0 Å². The molecule has 7 nitrogen and oxygen atoms in total. The SMILES string of the molecule is O=C(O)N[C@@H]1CN(c2nc3ncc(C(F)(F)F)cc3[nH]2)CC[C@H]1F. The zero-order chi connectivity index (χ0) is 17.5. The molecule has 1 aliphatic rings. The lowest BCUT2D eigenvalue weighted by Gasteiger charge is -2.34. The van der Waals surface area contributed by atoms with Crippen molar-refractivity contribution in [3.63, 3.8) is 0 Å². The summed E-state index contributed by atoms with van der Waals surface area (Å²) < 4.78 is 51.9. The summed E-state index contributed by atoms with van der Waals surface area (Å²) in [5.41, 5.74) is -0.703. The number of H-pyrrole nitrogens is 1. The van der Waals surface area contributed by atoms with Gasteiger partial charge in [0.1, 0.15) is 6.17 Å². The summed E-state index contributed by atoms with van der Waals surface area (Å²) in [6.07, 6.45) is -6.43. The zero-order valence-electron chi connectivity index (χ0n) is 12.1. The minimum atomic E-state index is -4.52. The second-order valence-corrected chi connectivity index (χ2v) is 5.46. The monoisotopic (exact) mass is 347 g/mol. The highest BCUT2D eigenvalue weighted by atomic mass is 19.4. The number of carbonyl (C=O) groups is 1. The molecule has 1 saturated heterocycles. The number of anilines is 1. The third-order valence-electron chi connectivity index (χ3n) is 3.79. The van der Waals surface area contributed by atoms with Crippen LogP contribution < -0.4 is 10.2 Å². The highest BCUT2D eigenvalue weighted by Gasteiger charge is 2.33. The molecule has 3 rings (SSSR count). The van der Waals surface area contributed by atoms with E-state index in [0.717, 1.165) is 6.07 Å². The van der Waals surface area contributed by atoms with Gasteiger partial charge in [0.25, 0.3) is 0 Å². The van der Waals surface area contributed by atoms with Gasteiger partial charge in [-0.1, -0.05) is 0 Å². The first-order chi connectivity index (χ1) is 11.2. The van der Waals surface area contributed by atoms with E-state index in [2.05, 4.69) is 20.3 Å². The number of carboxylic acid groups (broad SMARTS) is 1. The summed E-state index contributed by atoms with van der Waals surface area (Å²) in [4.78, 5) is 22.8. The van der Waals surface area contributed by atoms with Gasteiger partial charge in [-0.15, -0.1) is 0 Å². The molecule has 1 aliphatic heterocycles. The molecular formula is C13H13F4N5O2. The number of alkyl halides is 4. The molecule has 0 aromatic carbocycles. The molecule has 0 radical (unpaired) electrons. The van der Waals surface area contributed by atoms with Gasteiger partial charge in [0.05, 0.1) is 17.1 Å². The molecule has 2 aromatic rings. The van der Waals surface area contributed by atoms with E-state index in [1.807, 2.05) is 0 Å². The molecule has 1 fully saturated rings. The summed E-state index contributed by atoms with van der Waals surface area (Å²) in [5.74, 6) is 0.223. The Morgan fingerprint density at radius 3 is 2.88 bits per heavy atom. The average Bonchev–Trinajstić information content (AvgIpc) is 2.91. The van der Waals surface area contributed by atoms with Crippen LogP contribution >= 0.6 is 0 Å². The van der Waals surface area contributed by atoms with E-state index in [-0.39, 0.29) is 36.6 Å². The number of pyridine rings is 1. The third-order valence-corrected chi connectivity index (χ3v) is 3.79. The van der Waals surface area contributed by atoms with Gasteiger partial charge in [0.2, 0.25) is 5.95 Å². The lowest BCUT2D eigenvalue weighted by Crippen LogP contribution is -2.53. The Balaban J connectivity index is 1.85. The van der Waals surface area contributed by atoms with E-state index in [1.165, 1.54) is 0 Å². The lowest BCUT2D eigenvalue weighted by atomic mass is 10.0.